The lowest BCUT2D eigenvalue weighted by Crippen LogP contribution is -2.28. The van der Waals surface area contributed by atoms with Gasteiger partial charge in [-0.3, -0.25) is 0 Å². The van der Waals surface area contributed by atoms with Gasteiger partial charge in [0, 0.05) is 6.04 Å². The summed E-state index contributed by atoms with van der Waals surface area (Å²) >= 11 is 0. The molecule has 1 aliphatic rings. The van der Waals surface area contributed by atoms with Crippen LogP contribution in [0.1, 0.15) is 42.9 Å². The van der Waals surface area contributed by atoms with Crippen LogP contribution in [0.15, 0.2) is 17.0 Å². The van der Waals surface area contributed by atoms with E-state index < -0.39 is 10.0 Å². The van der Waals surface area contributed by atoms with E-state index in [1.807, 2.05) is 19.9 Å². The van der Waals surface area contributed by atoms with Gasteiger partial charge in [0.1, 0.15) is 0 Å². The van der Waals surface area contributed by atoms with Gasteiger partial charge in [-0.05, 0) is 55.4 Å². The maximum absolute atomic E-state index is 12.5. The maximum Gasteiger partial charge on any atom is 0.241 e. The molecule has 2 unspecified atom stereocenters. The molecule has 2 N–H and O–H groups in total. The number of hydrogen-bond donors (Lipinski definition) is 2. The van der Waals surface area contributed by atoms with Crippen LogP contribution in [0, 0.1) is 19.8 Å². The molecule has 0 saturated heterocycles. The summed E-state index contributed by atoms with van der Waals surface area (Å²) in [4.78, 5) is 0.295. The summed E-state index contributed by atoms with van der Waals surface area (Å²) in [5.41, 5.74) is 2.27. The lowest BCUT2D eigenvalue weighted by molar-refractivity contribution is 0.281. The highest BCUT2D eigenvalue weighted by molar-refractivity contribution is 7.89. The van der Waals surface area contributed by atoms with Crippen molar-refractivity contribution in [2.24, 2.45) is 5.92 Å². The van der Waals surface area contributed by atoms with E-state index in [1.54, 1.807) is 6.07 Å². The van der Waals surface area contributed by atoms with E-state index in [4.69, 9.17) is 0 Å². The molecule has 2 atom stereocenters. The number of benzene rings is 1. The topological polar surface area (TPSA) is 66.4 Å². The highest BCUT2D eigenvalue weighted by atomic mass is 32.2. The van der Waals surface area contributed by atoms with Crippen LogP contribution in [-0.2, 0) is 16.6 Å². The molecular weight excluding hydrogens is 274 g/mol. The van der Waals surface area contributed by atoms with Crippen molar-refractivity contribution in [2.45, 2.75) is 57.6 Å². The first-order valence-electron chi connectivity index (χ1n) is 7.12. The fourth-order valence-electron chi connectivity index (χ4n) is 2.61. The van der Waals surface area contributed by atoms with E-state index in [0.29, 0.717) is 16.4 Å². The number of aliphatic hydroxyl groups is 1. The average Bonchev–Trinajstić information content (AvgIpc) is 3.09. The third-order valence-electron chi connectivity index (χ3n) is 4.04. The standard InChI is InChI=1S/C15H23NO3S/c1-4-5-13-8-14(13)16-20(18,19)15-7-12(9-17)6-10(2)11(15)3/h6-7,13-14,16-17H,4-5,8-9H2,1-3H3. The van der Waals surface area contributed by atoms with E-state index >= 15 is 0 Å². The Bertz CT molecular complexity index is 595. The van der Waals surface area contributed by atoms with Gasteiger partial charge in [0.15, 0.2) is 0 Å². The van der Waals surface area contributed by atoms with Crippen molar-refractivity contribution < 1.29 is 13.5 Å². The number of aryl methyl sites for hydroxylation is 1. The van der Waals surface area contributed by atoms with E-state index in [1.165, 1.54) is 0 Å². The fourth-order valence-corrected chi connectivity index (χ4v) is 4.30. The molecule has 5 heteroatoms. The molecule has 4 nitrogen and oxygen atoms in total. The van der Waals surface area contributed by atoms with Crippen molar-refractivity contribution in [3.05, 3.63) is 28.8 Å². The van der Waals surface area contributed by atoms with Gasteiger partial charge in [-0.2, -0.15) is 0 Å². The lowest BCUT2D eigenvalue weighted by atomic mass is 10.1. The van der Waals surface area contributed by atoms with Crippen LogP contribution in [0.5, 0.6) is 0 Å². The molecule has 1 aliphatic carbocycles. The monoisotopic (exact) mass is 297 g/mol. The van der Waals surface area contributed by atoms with Crippen LogP contribution in [0.3, 0.4) is 0 Å². The Labute approximate surface area is 121 Å². The van der Waals surface area contributed by atoms with Gasteiger partial charge in [-0.25, -0.2) is 13.1 Å². The first-order chi connectivity index (χ1) is 9.39. The van der Waals surface area contributed by atoms with Crippen molar-refractivity contribution in [3.8, 4) is 0 Å². The van der Waals surface area contributed by atoms with Crippen molar-refractivity contribution in [1.82, 2.24) is 4.72 Å². The van der Waals surface area contributed by atoms with Crippen LogP contribution in [-0.4, -0.2) is 19.6 Å². The lowest BCUT2D eigenvalue weighted by Gasteiger charge is -2.13. The molecule has 20 heavy (non-hydrogen) atoms. The second kappa shape index (κ2) is 5.84. The third kappa shape index (κ3) is 3.22. The average molecular weight is 297 g/mol. The molecule has 0 amide bonds. The van der Waals surface area contributed by atoms with Gasteiger partial charge >= 0.3 is 0 Å². The Kier molecular flexibility index (Phi) is 4.52. The zero-order valence-corrected chi connectivity index (χ0v) is 13.1. The summed E-state index contributed by atoms with van der Waals surface area (Å²) in [5.74, 6) is 0.484. The molecule has 112 valence electrons. The van der Waals surface area contributed by atoms with Crippen LogP contribution in [0.4, 0.5) is 0 Å². The van der Waals surface area contributed by atoms with Gasteiger partial charge in [-0.1, -0.05) is 19.4 Å². The van der Waals surface area contributed by atoms with E-state index in [2.05, 4.69) is 11.6 Å². The summed E-state index contributed by atoms with van der Waals surface area (Å²) in [5, 5.41) is 9.23. The van der Waals surface area contributed by atoms with E-state index in [9.17, 15) is 13.5 Å². The van der Waals surface area contributed by atoms with E-state index in [0.717, 1.165) is 30.4 Å². The number of nitrogens with one attached hydrogen (secondary N) is 1. The van der Waals surface area contributed by atoms with Crippen LogP contribution < -0.4 is 4.72 Å². The molecule has 1 aromatic rings. The number of hydrogen-bond acceptors (Lipinski definition) is 3. The second-order valence-electron chi connectivity index (χ2n) is 5.71. The summed E-state index contributed by atoms with van der Waals surface area (Å²) in [6.45, 7) is 5.64. The summed E-state index contributed by atoms with van der Waals surface area (Å²) in [6.07, 6.45) is 3.09. The first kappa shape index (κ1) is 15.5. The van der Waals surface area contributed by atoms with Crippen molar-refractivity contribution in [2.75, 3.05) is 0 Å². The Hall–Kier alpha value is -0.910. The summed E-state index contributed by atoms with van der Waals surface area (Å²) < 4.78 is 27.8. The molecule has 2 rings (SSSR count). The number of rotatable bonds is 6. The largest absolute Gasteiger partial charge is 0.392 e. The highest BCUT2D eigenvalue weighted by Gasteiger charge is 2.39. The predicted molar refractivity (Wildman–Crippen MR) is 79.0 cm³/mol. The molecule has 1 fully saturated rings. The van der Waals surface area contributed by atoms with Crippen molar-refractivity contribution in [3.63, 3.8) is 0 Å². The molecular formula is C15H23NO3S. The minimum absolute atomic E-state index is 0.0810. The molecule has 1 saturated carbocycles. The molecule has 0 spiro atoms. The maximum atomic E-state index is 12.5. The van der Waals surface area contributed by atoms with Gasteiger partial charge in [0.2, 0.25) is 10.0 Å². The van der Waals surface area contributed by atoms with Crippen LogP contribution >= 0.6 is 0 Å². The smallest absolute Gasteiger partial charge is 0.241 e. The van der Waals surface area contributed by atoms with Crippen LogP contribution in [0.2, 0.25) is 0 Å². The van der Waals surface area contributed by atoms with Gasteiger partial charge < -0.3 is 5.11 Å². The van der Waals surface area contributed by atoms with Gasteiger partial charge in [0.25, 0.3) is 0 Å². The Morgan fingerprint density at radius 3 is 2.65 bits per heavy atom. The quantitative estimate of drug-likeness (QED) is 0.846. The zero-order valence-electron chi connectivity index (χ0n) is 12.3. The van der Waals surface area contributed by atoms with Crippen LogP contribution in [0.25, 0.3) is 0 Å². The molecule has 0 heterocycles. The molecule has 0 aromatic heterocycles. The molecule has 1 aromatic carbocycles. The minimum Gasteiger partial charge on any atom is -0.392 e. The predicted octanol–water partition coefficient (Wildman–Crippen LogP) is 2.26. The normalized spacial score (nSPS) is 22.0. The summed E-state index contributed by atoms with van der Waals surface area (Å²) in [7, 11) is -3.50. The minimum atomic E-state index is -3.50. The van der Waals surface area contributed by atoms with Crippen molar-refractivity contribution in [1.29, 1.82) is 0 Å². The van der Waals surface area contributed by atoms with Gasteiger partial charge in [-0.15, -0.1) is 0 Å². The third-order valence-corrected chi connectivity index (χ3v) is 5.66. The van der Waals surface area contributed by atoms with Crippen molar-refractivity contribution >= 4 is 10.0 Å². The zero-order chi connectivity index (χ0) is 14.9. The molecule has 0 radical (unpaired) electrons. The Morgan fingerprint density at radius 2 is 2.05 bits per heavy atom. The first-order valence-corrected chi connectivity index (χ1v) is 8.60. The Morgan fingerprint density at radius 1 is 1.35 bits per heavy atom. The fraction of sp³-hybridized carbons (Fsp3) is 0.600. The SMILES string of the molecule is CCCC1CC1NS(=O)(=O)c1cc(CO)cc(C)c1C. The van der Waals surface area contributed by atoms with Gasteiger partial charge in [0.05, 0.1) is 11.5 Å². The Balaban J connectivity index is 2.24. The molecule has 0 bridgehead atoms. The number of aliphatic hydroxyl groups excluding tert-OH is 1. The summed E-state index contributed by atoms with van der Waals surface area (Å²) in [6, 6.07) is 3.48. The second-order valence-corrected chi connectivity index (χ2v) is 7.39. The van der Waals surface area contributed by atoms with E-state index in [-0.39, 0.29) is 12.6 Å². The highest BCUT2D eigenvalue weighted by Crippen LogP contribution is 2.36. The number of sulfonamides is 1. The molecule has 0 aliphatic heterocycles.